The summed E-state index contributed by atoms with van der Waals surface area (Å²) in [6, 6.07) is 0. The molecule has 1 amide bonds. The van der Waals surface area contributed by atoms with Gasteiger partial charge in [0, 0.05) is 13.0 Å². The molecule has 0 saturated heterocycles. The van der Waals surface area contributed by atoms with Crippen LogP contribution in [0.5, 0.6) is 0 Å². The van der Waals surface area contributed by atoms with Crippen LogP contribution in [0, 0.1) is 0 Å². The van der Waals surface area contributed by atoms with Crippen molar-refractivity contribution >= 4 is 5.91 Å². The van der Waals surface area contributed by atoms with Crippen molar-refractivity contribution in [1.29, 1.82) is 0 Å². The molecule has 11 heavy (non-hydrogen) atoms. The van der Waals surface area contributed by atoms with Gasteiger partial charge in [0.15, 0.2) is 0 Å². The smallest absolute Gasteiger partial charge is 0.224 e. The van der Waals surface area contributed by atoms with E-state index in [4.69, 9.17) is 0 Å². The van der Waals surface area contributed by atoms with E-state index in [-0.39, 0.29) is 5.91 Å². The van der Waals surface area contributed by atoms with E-state index in [0.717, 1.165) is 13.0 Å². The molecular formula is C9H13NO. The van der Waals surface area contributed by atoms with Crippen LogP contribution in [0.1, 0.15) is 32.1 Å². The molecular weight excluding hydrogens is 138 g/mol. The second kappa shape index (κ2) is 2.68. The monoisotopic (exact) mass is 151 g/mol. The van der Waals surface area contributed by atoms with Gasteiger partial charge in [-0.1, -0.05) is 11.1 Å². The van der Waals surface area contributed by atoms with Crippen LogP contribution in [-0.2, 0) is 4.79 Å². The van der Waals surface area contributed by atoms with E-state index in [9.17, 15) is 4.79 Å². The van der Waals surface area contributed by atoms with Gasteiger partial charge >= 0.3 is 0 Å². The van der Waals surface area contributed by atoms with Gasteiger partial charge in [-0.2, -0.15) is 0 Å². The van der Waals surface area contributed by atoms with Gasteiger partial charge in [0.2, 0.25) is 5.91 Å². The van der Waals surface area contributed by atoms with Crippen LogP contribution in [0.25, 0.3) is 0 Å². The van der Waals surface area contributed by atoms with Crippen molar-refractivity contribution in [2.75, 3.05) is 6.54 Å². The molecule has 0 spiro atoms. The van der Waals surface area contributed by atoms with Crippen LogP contribution >= 0.6 is 0 Å². The Morgan fingerprint density at radius 3 is 2.82 bits per heavy atom. The molecule has 2 heteroatoms. The molecule has 1 aliphatic carbocycles. The summed E-state index contributed by atoms with van der Waals surface area (Å²) in [5, 5.41) is 2.89. The molecule has 0 radical (unpaired) electrons. The Bertz CT molecular complexity index is 218. The van der Waals surface area contributed by atoms with E-state index in [0.29, 0.717) is 6.42 Å². The fraction of sp³-hybridized carbons (Fsp3) is 0.667. The minimum Gasteiger partial charge on any atom is -0.356 e. The Morgan fingerprint density at radius 1 is 1.09 bits per heavy atom. The Labute approximate surface area is 66.7 Å². The summed E-state index contributed by atoms with van der Waals surface area (Å²) >= 11 is 0. The number of carbonyl (C=O) groups excluding carboxylic acids is 1. The lowest BCUT2D eigenvalue weighted by molar-refractivity contribution is -0.120. The minimum absolute atomic E-state index is 0.219. The molecule has 1 heterocycles. The zero-order chi connectivity index (χ0) is 7.68. The van der Waals surface area contributed by atoms with Crippen LogP contribution < -0.4 is 5.32 Å². The van der Waals surface area contributed by atoms with Crippen molar-refractivity contribution in [2.45, 2.75) is 32.1 Å². The second-order valence-electron chi connectivity index (χ2n) is 3.34. The van der Waals surface area contributed by atoms with Crippen molar-refractivity contribution in [3.8, 4) is 0 Å². The van der Waals surface area contributed by atoms with Crippen LogP contribution in [0.15, 0.2) is 11.1 Å². The van der Waals surface area contributed by atoms with E-state index < -0.39 is 0 Å². The van der Waals surface area contributed by atoms with Gasteiger partial charge in [0.1, 0.15) is 0 Å². The Balaban J connectivity index is 2.17. The maximum atomic E-state index is 11.1. The molecule has 1 aliphatic heterocycles. The summed E-state index contributed by atoms with van der Waals surface area (Å²) in [6.45, 7) is 0.859. The van der Waals surface area contributed by atoms with Gasteiger partial charge in [0.25, 0.3) is 0 Å². The highest BCUT2D eigenvalue weighted by Crippen LogP contribution is 2.31. The first-order chi connectivity index (χ1) is 5.36. The first kappa shape index (κ1) is 6.89. The predicted octanol–water partition coefficient (Wildman–Crippen LogP) is 1.38. The van der Waals surface area contributed by atoms with Crippen LogP contribution in [0.2, 0.25) is 0 Å². The van der Waals surface area contributed by atoms with Gasteiger partial charge < -0.3 is 5.32 Å². The van der Waals surface area contributed by atoms with E-state index in [2.05, 4.69) is 5.32 Å². The SMILES string of the molecule is O=C1CC2=C(CCC2)CCN1. The molecule has 2 aliphatic rings. The highest BCUT2D eigenvalue weighted by molar-refractivity contribution is 5.79. The lowest BCUT2D eigenvalue weighted by atomic mass is 10.1. The lowest BCUT2D eigenvalue weighted by Crippen LogP contribution is -2.22. The third-order valence-corrected chi connectivity index (χ3v) is 2.58. The zero-order valence-electron chi connectivity index (χ0n) is 6.65. The fourth-order valence-corrected chi connectivity index (χ4v) is 1.99. The summed E-state index contributed by atoms with van der Waals surface area (Å²) < 4.78 is 0. The first-order valence-corrected chi connectivity index (χ1v) is 4.33. The zero-order valence-corrected chi connectivity index (χ0v) is 6.65. The summed E-state index contributed by atoms with van der Waals surface area (Å²) in [7, 11) is 0. The third-order valence-electron chi connectivity index (χ3n) is 2.58. The second-order valence-corrected chi connectivity index (χ2v) is 3.34. The van der Waals surface area contributed by atoms with Gasteiger partial charge in [-0.05, 0) is 25.7 Å². The van der Waals surface area contributed by atoms with Crippen molar-refractivity contribution in [3.05, 3.63) is 11.1 Å². The third kappa shape index (κ3) is 1.30. The maximum absolute atomic E-state index is 11.1. The summed E-state index contributed by atoms with van der Waals surface area (Å²) in [5.74, 6) is 0.219. The van der Waals surface area contributed by atoms with Crippen molar-refractivity contribution < 1.29 is 4.79 Å². The van der Waals surface area contributed by atoms with Crippen LogP contribution in [-0.4, -0.2) is 12.5 Å². The average molecular weight is 151 g/mol. The molecule has 0 aromatic carbocycles. The molecule has 1 N–H and O–H groups in total. The van der Waals surface area contributed by atoms with E-state index in [1.807, 2.05) is 0 Å². The highest BCUT2D eigenvalue weighted by Gasteiger charge is 2.19. The van der Waals surface area contributed by atoms with Crippen molar-refractivity contribution in [2.24, 2.45) is 0 Å². The minimum atomic E-state index is 0.219. The lowest BCUT2D eigenvalue weighted by Gasteiger charge is -1.99. The first-order valence-electron chi connectivity index (χ1n) is 4.33. The summed E-state index contributed by atoms with van der Waals surface area (Å²) in [6.07, 6.45) is 5.46. The van der Waals surface area contributed by atoms with E-state index >= 15 is 0 Å². The Kier molecular flexibility index (Phi) is 1.68. The molecule has 0 aromatic heterocycles. The normalized spacial score (nSPS) is 24.5. The topological polar surface area (TPSA) is 29.1 Å². The Hall–Kier alpha value is -0.790. The molecule has 2 rings (SSSR count). The largest absolute Gasteiger partial charge is 0.356 e. The number of hydrogen-bond donors (Lipinski definition) is 1. The van der Waals surface area contributed by atoms with E-state index in [1.165, 1.54) is 24.8 Å². The molecule has 0 unspecified atom stereocenters. The maximum Gasteiger partial charge on any atom is 0.224 e. The molecule has 0 fully saturated rings. The number of carbonyl (C=O) groups is 1. The van der Waals surface area contributed by atoms with Crippen molar-refractivity contribution in [3.63, 3.8) is 0 Å². The predicted molar refractivity (Wildman–Crippen MR) is 43.1 cm³/mol. The average Bonchev–Trinajstić information content (AvgIpc) is 2.31. The molecule has 0 bridgehead atoms. The molecule has 2 nitrogen and oxygen atoms in total. The van der Waals surface area contributed by atoms with Crippen LogP contribution in [0.4, 0.5) is 0 Å². The summed E-state index contributed by atoms with van der Waals surface area (Å²) in [5.41, 5.74) is 2.99. The summed E-state index contributed by atoms with van der Waals surface area (Å²) in [4.78, 5) is 11.1. The standard InChI is InChI=1S/C9H13NO/c11-9-6-8-3-1-2-7(8)4-5-10-9/h1-6H2,(H,10,11). The fourth-order valence-electron chi connectivity index (χ4n) is 1.99. The van der Waals surface area contributed by atoms with E-state index in [1.54, 1.807) is 5.57 Å². The molecule has 0 aromatic rings. The number of nitrogens with one attached hydrogen (secondary N) is 1. The van der Waals surface area contributed by atoms with Gasteiger partial charge in [-0.15, -0.1) is 0 Å². The highest BCUT2D eigenvalue weighted by atomic mass is 16.1. The number of hydrogen-bond acceptors (Lipinski definition) is 1. The quantitative estimate of drug-likeness (QED) is 0.521. The number of amides is 1. The van der Waals surface area contributed by atoms with Crippen LogP contribution in [0.3, 0.4) is 0 Å². The number of rotatable bonds is 0. The molecule has 0 saturated carbocycles. The van der Waals surface area contributed by atoms with Crippen molar-refractivity contribution in [1.82, 2.24) is 5.32 Å². The van der Waals surface area contributed by atoms with Gasteiger partial charge in [0.05, 0.1) is 0 Å². The van der Waals surface area contributed by atoms with Gasteiger partial charge in [-0.25, -0.2) is 0 Å². The molecule has 60 valence electrons. The van der Waals surface area contributed by atoms with Gasteiger partial charge in [-0.3, -0.25) is 4.79 Å². The Morgan fingerprint density at radius 2 is 1.91 bits per heavy atom. The molecule has 0 atom stereocenters.